The Morgan fingerprint density at radius 1 is 1.15 bits per heavy atom. The highest BCUT2D eigenvalue weighted by Crippen LogP contribution is 2.31. The molecule has 2 aliphatic rings. The highest BCUT2D eigenvalue weighted by atomic mass is 19.2. The Hall–Kier alpha value is -2.83. The highest BCUT2D eigenvalue weighted by Gasteiger charge is 2.29. The van der Waals surface area contributed by atoms with Crippen molar-refractivity contribution in [1.29, 1.82) is 0 Å². The lowest BCUT2D eigenvalue weighted by molar-refractivity contribution is -0.130. The van der Waals surface area contributed by atoms with Gasteiger partial charge < -0.3 is 19.7 Å². The number of anilines is 1. The summed E-state index contributed by atoms with van der Waals surface area (Å²) in [6.07, 6.45) is 0.188. The van der Waals surface area contributed by atoms with Crippen LogP contribution in [0.4, 0.5) is 14.5 Å². The number of benzene rings is 2. The van der Waals surface area contributed by atoms with E-state index >= 15 is 0 Å². The zero-order valence-corrected chi connectivity index (χ0v) is 14.7. The van der Waals surface area contributed by atoms with Gasteiger partial charge in [-0.05, 0) is 36.6 Å². The number of carbonyl (C=O) groups is 1. The van der Waals surface area contributed by atoms with E-state index in [2.05, 4.69) is 5.32 Å². The molecule has 1 saturated heterocycles. The number of halogens is 2. The summed E-state index contributed by atoms with van der Waals surface area (Å²) in [6, 6.07) is 11.2. The van der Waals surface area contributed by atoms with Gasteiger partial charge in [0.05, 0.1) is 0 Å². The van der Waals surface area contributed by atoms with Crippen LogP contribution in [0.15, 0.2) is 42.5 Å². The topological polar surface area (TPSA) is 50.8 Å². The van der Waals surface area contributed by atoms with Crippen molar-refractivity contribution < 1.29 is 23.0 Å². The highest BCUT2D eigenvalue weighted by molar-refractivity contribution is 5.81. The molecule has 0 saturated carbocycles. The molecule has 0 aromatic heterocycles. The van der Waals surface area contributed by atoms with E-state index in [9.17, 15) is 13.6 Å². The first-order valence-electron chi connectivity index (χ1n) is 8.96. The smallest absolute Gasteiger partial charge is 0.264 e. The van der Waals surface area contributed by atoms with Crippen LogP contribution in [-0.2, 0) is 4.79 Å². The molecule has 27 heavy (non-hydrogen) atoms. The Morgan fingerprint density at radius 3 is 2.78 bits per heavy atom. The van der Waals surface area contributed by atoms with E-state index in [0.717, 1.165) is 19.0 Å². The molecule has 2 aromatic rings. The van der Waals surface area contributed by atoms with Gasteiger partial charge in [0.15, 0.2) is 23.1 Å². The third kappa shape index (κ3) is 3.82. The van der Waals surface area contributed by atoms with Crippen LogP contribution >= 0.6 is 0 Å². The second-order valence-corrected chi connectivity index (χ2v) is 6.81. The molecule has 2 unspecified atom stereocenters. The van der Waals surface area contributed by atoms with E-state index < -0.39 is 17.7 Å². The molecule has 142 valence electrons. The minimum absolute atomic E-state index is 0.175. The number of nitrogens with one attached hydrogen (secondary N) is 1. The first-order chi connectivity index (χ1) is 13.1. The lowest BCUT2D eigenvalue weighted by Gasteiger charge is -2.26. The molecule has 2 aromatic carbocycles. The fraction of sp³-hybridized carbons (Fsp3) is 0.350. The fourth-order valence-corrected chi connectivity index (χ4v) is 3.42. The Balaban J connectivity index is 1.28. The van der Waals surface area contributed by atoms with Crippen molar-refractivity contribution in [2.75, 3.05) is 31.1 Å². The van der Waals surface area contributed by atoms with Crippen LogP contribution in [0, 0.1) is 17.6 Å². The predicted octanol–water partition coefficient (Wildman–Crippen LogP) is 2.75. The molecule has 5 nitrogen and oxygen atoms in total. The maximum absolute atomic E-state index is 13.4. The number of nitrogens with zero attached hydrogens (tertiary/aromatic N) is 1. The molecule has 1 fully saturated rings. The summed E-state index contributed by atoms with van der Waals surface area (Å²) in [4.78, 5) is 14.4. The fourth-order valence-electron chi connectivity index (χ4n) is 3.42. The predicted molar refractivity (Wildman–Crippen MR) is 96.0 cm³/mol. The summed E-state index contributed by atoms with van der Waals surface area (Å²) in [7, 11) is 0. The molecule has 0 spiro atoms. The van der Waals surface area contributed by atoms with E-state index in [4.69, 9.17) is 9.47 Å². The first kappa shape index (κ1) is 17.6. The molecule has 0 aliphatic carbocycles. The van der Waals surface area contributed by atoms with Crippen molar-refractivity contribution in [2.45, 2.75) is 12.5 Å². The van der Waals surface area contributed by atoms with Gasteiger partial charge in [0.1, 0.15) is 6.61 Å². The summed E-state index contributed by atoms with van der Waals surface area (Å²) >= 11 is 0. The Morgan fingerprint density at radius 2 is 1.96 bits per heavy atom. The van der Waals surface area contributed by atoms with Gasteiger partial charge in [-0.3, -0.25) is 4.79 Å². The molecule has 1 amide bonds. The molecule has 7 heteroatoms. The normalized spacial score (nSPS) is 21.2. The van der Waals surface area contributed by atoms with Crippen LogP contribution in [0.2, 0.25) is 0 Å². The summed E-state index contributed by atoms with van der Waals surface area (Å²) < 4.78 is 37.8. The number of para-hydroxylation sites is 2. The maximum Gasteiger partial charge on any atom is 0.264 e. The summed E-state index contributed by atoms with van der Waals surface area (Å²) in [5.74, 6) is -0.472. The van der Waals surface area contributed by atoms with Gasteiger partial charge in [0.2, 0.25) is 6.10 Å². The second kappa shape index (κ2) is 7.42. The van der Waals surface area contributed by atoms with E-state index in [0.29, 0.717) is 30.3 Å². The van der Waals surface area contributed by atoms with Gasteiger partial charge in [-0.1, -0.05) is 12.1 Å². The number of hydrogen-bond acceptors (Lipinski definition) is 4. The van der Waals surface area contributed by atoms with Crippen molar-refractivity contribution in [1.82, 2.24) is 5.32 Å². The summed E-state index contributed by atoms with van der Waals surface area (Å²) in [5.41, 5.74) is 0.656. The van der Waals surface area contributed by atoms with Crippen LogP contribution < -0.4 is 19.7 Å². The first-order valence-corrected chi connectivity index (χ1v) is 8.96. The number of ether oxygens (including phenoxy) is 2. The van der Waals surface area contributed by atoms with Gasteiger partial charge in [0.25, 0.3) is 5.91 Å². The van der Waals surface area contributed by atoms with Crippen molar-refractivity contribution in [2.24, 2.45) is 5.92 Å². The van der Waals surface area contributed by atoms with Gasteiger partial charge in [-0.25, -0.2) is 8.78 Å². The van der Waals surface area contributed by atoms with E-state index in [1.165, 1.54) is 6.07 Å². The van der Waals surface area contributed by atoms with E-state index in [1.54, 1.807) is 18.2 Å². The Labute approximate surface area is 155 Å². The third-order valence-corrected chi connectivity index (χ3v) is 4.92. The van der Waals surface area contributed by atoms with Gasteiger partial charge in [-0.15, -0.1) is 0 Å². The quantitative estimate of drug-likeness (QED) is 0.894. The standard InChI is InChI=1S/C20H20F2N2O3/c21-15-6-5-14(9-16(15)22)24-8-7-13(11-24)10-23-20(25)19-12-26-17-3-1-2-4-18(17)27-19/h1-6,9,13,19H,7-8,10-12H2,(H,23,25). The SMILES string of the molecule is O=C(NCC1CCN(c2ccc(F)c(F)c2)C1)C1COc2ccccc2O1. The average Bonchev–Trinajstić information content (AvgIpc) is 3.17. The Bertz CT molecular complexity index is 846. The largest absolute Gasteiger partial charge is 0.485 e. The Kier molecular flexibility index (Phi) is 4.83. The van der Waals surface area contributed by atoms with Crippen LogP contribution in [0.3, 0.4) is 0 Å². The lowest BCUT2D eigenvalue weighted by atomic mass is 10.1. The molecule has 2 atom stereocenters. The van der Waals surface area contributed by atoms with Crippen molar-refractivity contribution >= 4 is 11.6 Å². The number of rotatable bonds is 4. The van der Waals surface area contributed by atoms with Gasteiger partial charge >= 0.3 is 0 Å². The van der Waals surface area contributed by atoms with E-state index in [1.807, 2.05) is 17.0 Å². The monoisotopic (exact) mass is 374 g/mol. The number of amides is 1. The molecular weight excluding hydrogens is 354 g/mol. The molecule has 2 aliphatic heterocycles. The zero-order chi connectivity index (χ0) is 18.8. The number of hydrogen-bond donors (Lipinski definition) is 1. The van der Waals surface area contributed by atoms with Gasteiger partial charge in [0, 0.05) is 31.4 Å². The van der Waals surface area contributed by atoms with Crippen molar-refractivity contribution in [3.8, 4) is 11.5 Å². The lowest BCUT2D eigenvalue weighted by Crippen LogP contribution is -2.45. The van der Waals surface area contributed by atoms with Crippen LogP contribution in [0.5, 0.6) is 11.5 Å². The minimum Gasteiger partial charge on any atom is -0.485 e. The third-order valence-electron chi connectivity index (χ3n) is 4.92. The number of fused-ring (bicyclic) bond motifs is 1. The van der Waals surface area contributed by atoms with Crippen LogP contribution in [0.25, 0.3) is 0 Å². The summed E-state index contributed by atoms with van der Waals surface area (Å²) in [5, 5.41) is 2.91. The maximum atomic E-state index is 13.4. The van der Waals surface area contributed by atoms with E-state index in [-0.39, 0.29) is 18.4 Å². The molecule has 0 bridgehead atoms. The zero-order valence-electron chi connectivity index (χ0n) is 14.7. The van der Waals surface area contributed by atoms with Crippen molar-refractivity contribution in [3.63, 3.8) is 0 Å². The van der Waals surface area contributed by atoms with Gasteiger partial charge in [-0.2, -0.15) is 0 Å². The average molecular weight is 374 g/mol. The summed E-state index contributed by atoms with van der Waals surface area (Å²) in [6.45, 7) is 2.09. The van der Waals surface area contributed by atoms with Crippen LogP contribution in [-0.4, -0.2) is 38.3 Å². The molecular formula is C20H20F2N2O3. The second-order valence-electron chi connectivity index (χ2n) is 6.81. The van der Waals surface area contributed by atoms with Crippen molar-refractivity contribution in [3.05, 3.63) is 54.1 Å². The van der Waals surface area contributed by atoms with Crippen LogP contribution in [0.1, 0.15) is 6.42 Å². The number of carbonyl (C=O) groups excluding carboxylic acids is 1. The molecule has 4 rings (SSSR count). The molecule has 2 heterocycles. The minimum atomic E-state index is -0.849. The molecule has 1 N–H and O–H groups in total. The molecule has 0 radical (unpaired) electrons.